The summed E-state index contributed by atoms with van der Waals surface area (Å²) in [5, 5.41) is 6.95. The third-order valence-corrected chi connectivity index (χ3v) is 8.37. The average Bonchev–Trinajstić information content (AvgIpc) is 3.24. The summed E-state index contributed by atoms with van der Waals surface area (Å²) in [4.78, 5) is 27.3. The van der Waals surface area contributed by atoms with Crippen LogP contribution in [0.25, 0.3) is 0 Å². The molecule has 2 aromatic rings. The second-order valence-electron chi connectivity index (χ2n) is 8.42. The van der Waals surface area contributed by atoms with Crippen LogP contribution in [0, 0.1) is 12.8 Å². The van der Waals surface area contributed by atoms with Gasteiger partial charge in [-0.05, 0) is 43.4 Å². The number of piperidine rings is 1. The van der Waals surface area contributed by atoms with Crippen LogP contribution in [0.4, 0.5) is 0 Å². The van der Waals surface area contributed by atoms with Gasteiger partial charge in [-0.15, -0.1) is 0 Å². The summed E-state index contributed by atoms with van der Waals surface area (Å²) >= 11 is 0. The van der Waals surface area contributed by atoms with Crippen LogP contribution in [-0.4, -0.2) is 71.9 Å². The van der Waals surface area contributed by atoms with Crippen LogP contribution >= 0.6 is 0 Å². The fourth-order valence-corrected chi connectivity index (χ4v) is 5.82. The van der Waals surface area contributed by atoms with E-state index < -0.39 is 10.0 Å². The molecule has 0 bridgehead atoms. The van der Waals surface area contributed by atoms with E-state index in [1.165, 1.54) is 16.6 Å². The molecule has 1 saturated heterocycles. The Morgan fingerprint density at radius 1 is 1.15 bits per heavy atom. The van der Waals surface area contributed by atoms with E-state index in [1.54, 1.807) is 55.7 Å². The zero-order chi connectivity index (χ0) is 24.2. The standard InChI is InChI=1S/C23H33N5O4S/c1-5-28(6-2)33(31,32)21-13-19(8-7-17(21)3)23(30)27-11-9-18(10-12-27)14-24-22(29)20-15-25-26(4)16-20/h7-8,13,15-16,18H,5-6,9-12,14H2,1-4H3,(H,24,29). The van der Waals surface area contributed by atoms with Gasteiger partial charge in [0.05, 0.1) is 16.7 Å². The Hall–Kier alpha value is -2.72. The monoisotopic (exact) mass is 475 g/mol. The van der Waals surface area contributed by atoms with Gasteiger partial charge in [0.1, 0.15) is 0 Å². The fourth-order valence-electron chi connectivity index (χ4n) is 4.11. The van der Waals surface area contributed by atoms with Crippen LogP contribution in [0.2, 0.25) is 0 Å². The Kier molecular flexibility index (Phi) is 7.91. The highest BCUT2D eigenvalue weighted by molar-refractivity contribution is 7.89. The van der Waals surface area contributed by atoms with E-state index in [0.29, 0.717) is 49.4 Å². The molecule has 0 unspecified atom stereocenters. The first-order valence-electron chi connectivity index (χ1n) is 11.3. The Bertz CT molecular complexity index is 1100. The number of carbonyl (C=O) groups is 2. The van der Waals surface area contributed by atoms with Gasteiger partial charge in [0, 0.05) is 51.5 Å². The van der Waals surface area contributed by atoms with Gasteiger partial charge >= 0.3 is 0 Å². The van der Waals surface area contributed by atoms with Gasteiger partial charge in [0.2, 0.25) is 10.0 Å². The third kappa shape index (κ3) is 5.62. The number of rotatable bonds is 8. The molecule has 1 aromatic carbocycles. The number of likely N-dealkylation sites (tertiary alicyclic amines) is 1. The van der Waals surface area contributed by atoms with Crippen molar-refractivity contribution in [1.82, 2.24) is 24.3 Å². The topological polar surface area (TPSA) is 105 Å². The highest BCUT2D eigenvalue weighted by atomic mass is 32.2. The zero-order valence-corrected chi connectivity index (χ0v) is 20.6. The molecule has 1 aliphatic rings. The predicted molar refractivity (Wildman–Crippen MR) is 125 cm³/mol. The first kappa shape index (κ1) is 24.9. The third-order valence-electron chi connectivity index (χ3n) is 6.18. The number of amides is 2. The summed E-state index contributed by atoms with van der Waals surface area (Å²) in [6, 6.07) is 4.90. The van der Waals surface area contributed by atoms with Crippen molar-refractivity contribution >= 4 is 21.8 Å². The van der Waals surface area contributed by atoms with Crippen LogP contribution in [-0.2, 0) is 17.1 Å². The van der Waals surface area contributed by atoms with Gasteiger partial charge in [-0.2, -0.15) is 9.40 Å². The lowest BCUT2D eigenvalue weighted by atomic mass is 9.96. The number of nitrogens with one attached hydrogen (secondary N) is 1. The summed E-state index contributed by atoms with van der Waals surface area (Å²) in [7, 11) is -1.88. The minimum absolute atomic E-state index is 0.150. The van der Waals surface area contributed by atoms with E-state index in [4.69, 9.17) is 0 Å². The molecular weight excluding hydrogens is 442 g/mol. The fraction of sp³-hybridized carbons (Fsp3) is 0.522. The van der Waals surface area contributed by atoms with Crippen molar-refractivity contribution in [1.29, 1.82) is 0 Å². The van der Waals surface area contributed by atoms with Crippen molar-refractivity contribution in [3.05, 3.63) is 47.3 Å². The number of hydrogen-bond acceptors (Lipinski definition) is 5. The molecule has 9 nitrogen and oxygen atoms in total. The minimum atomic E-state index is -3.65. The predicted octanol–water partition coefficient (Wildman–Crippen LogP) is 2.04. The van der Waals surface area contributed by atoms with Crippen LogP contribution < -0.4 is 5.32 Å². The van der Waals surface area contributed by atoms with E-state index >= 15 is 0 Å². The molecule has 1 aromatic heterocycles. The molecule has 33 heavy (non-hydrogen) atoms. The van der Waals surface area contributed by atoms with E-state index in [2.05, 4.69) is 10.4 Å². The Morgan fingerprint density at radius 2 is 1.82 bits per heavy atom. The molecule has 180 valence electrons. The lowest BCUT2D eigenvalue weighted by molar-refractivity contribution is 0.0684. The first-order valence-corrected chi connectivity index (χ1v) is 12.8. The molecule has 1 fully saturated rings. The van der Waals surface area contributed by atoms with E-state index in [0.717, 1.165) is 12.8 Å². The highest BCUT2D eigenvalue weighted by Crippen LogP contribution is 2.24. The lowest BCUT2D eigenvalue weighted by Gasteiger charge is -2.32. The first-order chi connectivity index (χ1) is 15.7. The molecule has 3 rings (SSSR count). The van der Waals surface area contributed by atoms with Crippen molar-refractivity contribution in [2.75, 3.05) is 32.7 Å². The summed E-state index contributed by atoms with van der Waals surface area (Å²) < 4.78 is 29.0. The van der Waals surface area contributed by atoms with E-state index in [9.17, 15) is 18.0 Å². The Morgan fingerprint density at radius 3 is 2.39 bits per heavy atom. The zero-order valence-electron chi connectivity index (χ0n) is 19.7. The lowest BCUT2D eigenvalue weighted by Crippen LogP contribution is -2.41. The summed E-state index contributed by atoms with van der Waals surface area (Å²) in [6.45, 7) is 7.78. The normalized spacial score (nSPS) is 15.1. The number of sulfonamides is 1. The number of aryl methyl sites for hydroxylation is 2. The molecule has 10 heteroatoms. The van der Waals surface area contributed by atoms with Crippen molar-refractivity contribution < 1.29 is 18.0 Å². The second-order valence-corrected chi connectivity index (χ2v) is 10.3. The summed E-state index contributed by atoms with van der Waals surface area (Å²) in [6.07, 6.45) is 4.75. The molecule has 0 saturated carbocycles. The van der Waals surface area contributed by atoms with Crippen molar-refractivity contribution in [3.63, 3.8) is 0 Å². The maximum absolute atomic E-state index is 13.1. The van der Waals surface area contributed by atoms with Gasteiger partial charge < -0.3 is 10.2 Å². The second kappa shape index (κ2) is 10.5. The van der Waals surface area contributed by atoms with E-state index in [-0.39, 0.29) is 22.6 Å². The number of hydrogen-bond donors (Lipinski definition) is 1. The molecule has 0 atom stereocenters. The van der Waals surface area contributed by atoms with Gasteiger partial charge in [-0.1, -0.05) is 19.9 Å². The van der Waals surface area contributed by atoms with Crippen LogP contribution in [0.1, 0.15) is 53.0 Å². The summed E-state index contributed by atoms with van der Waals surface area (Å²) in [5.74, 6) is -0.0293. The van der Waals surface area contributed by atoms with Crippen molar-refractivity contribution in [3.8, 4) is 0 Å². The number of nitrogens with zero attached hydrogens (tertiary/aromatic N) is 4. The molecule has 0 aliphatic carbocycles. The van der Waals surface area contributed by atoms with E-state index in [1.807, 2.05) is 0 Å². The molecule has 1 aliphatic heterocycles. The van der Waals surface area contributed by atoms with Crippen molar-refractivity contribution in [2.24, 2.45) is 13.0 Å². The summed E-state index contributed by atoms with van der Waals surface area (Å²) in [5.41, 5.74) is 1.54. The SMILES string of the molecule is CCN(CC)S(=O)(=O)c1cc(C(=O)N2CCC(CNC(=O)c3cnn(C)c3)CC2)ccc1C. The molecule has 2 heterocycles. The van der Waals surface area contributed by atoms with Gasteiger partial charge in [-0.3, -0.25) is 14.3 Å². The maximum Gasteiger partial charge on any atom is 0.254 e. The van der Waals surface area contributed by atoms with Crippen LogP contribution in [0.15, 0.2) is 35.5 Å². The smallest absolute Gasteiger partial charge is 0.254 e. The molecule has 0 radical (unpaired) electrons. The Balaban J connectivity index is 1.61. The largest absolute Gasteiger partial charge is 0.352 e. The quantitative estimate of drug-likeness (QED) is 0.629. The number of benzene rings is 1. The van der Waals surface area contributed by atoms with Gasteiger partial charge in [0.15, 0.2) is 0 Å². The average molecular weight is 476 g/mol. The number of aromatic nitrogens is 2. The number of carbonyl (C=O) groups excluding carboxylic acids is 2. The molecular formula is C23H33N5O4S. The van der Waals surface area contributed by atoms with Gasteiger partial charge in [0.25, 0.3) is 11.8 Å². The van der Waals surface area contributed by atoms with Gasteiger partial charge in [-0.25, -0.2) is 8.42 Å². The molecule has 2 amide bonds. The molecule has 1 N–H and O–H groups in total. The van der Waals surface area contributed by atoms with Crippen LogP contribution in [0.5, 0.6) is 0 Å². The Labute approximate surface area is 195 Å². The van der Waals surface area contributed by atoms with Crippen LogP contribution in [0.3, 0.4) is 0 Å². The molecule has 0 spiro atoms. The van der Waals surface area contributed by atoms with Crippen molar-refractivity contribution in [2.45, 2.75) is 38.5 Å². The maximum atomic E-state index is 13.1. The minimum Gasteiger partial charge on any atom is -0.352 e. The highest BCUT2D eigenvalue weighted by Gasteiger charge is 2.28.